The molecule has 0 aliphatic carbocycles. The SMILES string of the molecule is O=C(CCc1oc(-n2cnc3ccccc32)nc1-c1ccc(Cl)cc1)NCc1ccc(-c2ccccc2)cc1. The van der Waals surface area contributed by atoms with E-state index in [0.29, 0.717) is 35.5 Å². The fourth-order valence-electron chi connectivity index (χ4n) is 4.52. The number of carbonyl (C=O) groups is 1. The smallest absolute Gasteiger partial charge is 0.308 e. The minimum Gasteiger partial charge on any atom is -0.427 e. The summed E-state index contributed by atoms with van der Waals surface area (Å²) in [5.74, 6) is 0.572. The number of aromatic nitrogens is 3. The molecule has 1 N–H and O–H groups in total. The molecule has 6 aromatic rings. The van der Waals surface area contributed by atoms with Crippen LogP contribution in [-0.2, 0) is 17.8 Å². The molecule has 0 aliphatic rings. The van der Waals surface area contributed by atoms with Gasteiger partial charge in [0.05, 0.1) is 11.0 Å². The summed E-state index contributed by atoms with van der Waals surface area (Å²) in [6, 6.07) is 34.1. The van der Waals surface area contributed by atoms with E-state index >= 15 is 0 Å². The van der Waals surface area contributed by atoms with Crippen LogP contribution >= 0.6 is 11.6 Å². The van der Waals surface area contributed by atoms with Gasteiger partial charge in [-0.3, -0.25) is 9.36 Å². The van der Waals surface area contributed by atoms with Gasteiger partial charge < -0.3 is 9.73 Å². The average molecular weight is 533 g/mol. The number of imidazole rings is 1. The molecule has 0 unspecified atom stereocenters. The summed E-state index contributed by atoms with van der Waals surface area (Å²) in [5.41, 5.74) is 6.65. The number of fused-ring (bicyclic) bond motifs is 1. The summed E-state index contributed by atoms with van der Waals surface area (Å²) in [6.07, 6.45) is 2.36. The van der Waals surface area contributed by atoms with Crippen LogP contribution in [0.15, 0.2) is 114 Å². The Labute approximate surface area is 230 Å². The van der Waals surface area contributed by atoms with Gasteiger partial charge in [-0.05, 0) is 41.0 Å². The lowest BCUT2D eigenvalue weighted by Crippen LogP contribution is -2.23. The Morgan fingerprint density at radius 3 is 2.31 bits per heavy atom. The summed E-state index contributed by atoms with van der Waals surface area (Å²) >= 11 is 6.11. The molecular weight excluding hydrogens is 508 g/mol. The van der Waals surface area contributed by atoms with Crippen molar-refractivity contribution >= 4 is 28.5 Å². The van der Waals surface area contributed by atoms with Crippen molar-refractivity contribution in [3.63, 3.8) is 0 Å². The fraction of sp³-hybridized carbons (Fsp3) is 0.0938. The van der Waals surface area contributed by atoms with Gasteiger partial charge >= 0.3 is 6.01 Å². The number of benzene rings is 4. The minimum atomic E-state index is -0.0600. The maximum Gasteiger partial charge on any atom is 0.308 e. The average Bonchev–Trinajstić information content (AvgIpc) is 3.60. The fourth-order valence-corrected chi connectivity index (χ4v) is 4.64. The molecule has 0 fully saturated rings. The van der Waals surface area contributed by atoms with Crippen molar-refractivity contribution in [3.05, 3.63) is 126 Å². The molecule has 6 nitrogen and oxygen atoms in total. The third kappa shape index (κ3) is 5.47. The van der Waals surface area contributed by atoms with E-state index in [1.54, 1.807) is 6.33 Å². The van der Waals surface area contributed by atoms with Crippen LogP contribution in [0.4, 0.5) is 0 Å². The van der Waals surface area contributed by atoms with Crippen LogP contribution in [0.3, 0.4) is 0 Å². The van der Waals surface area contributed by atoms with Crippen LogP contribution in [0.1, 0.15) is 17.7 Å². The lowest BCUT2D eigenvalue weighted by molar-refractivity contribution is -0.121. The van der Waals surface area contributed by atoms with Crippen molar-refractivity contribution < 1.29 is 9.21 Å². The number of para-hydroxylation sites is 2. The molecule has 0 atom stereocenters. The van der Waals surface area contributed by atoms with Gasteiger partial charge in [-0.25, -0.2) is 4.98 Å². The number of amides is 1. The van der Waals surface area contributed by atoms with E-state index in [-0.39, 0.29) is 12.3 Å². The first kappa shape index (κ1) is 24.6. The second-order valence-corrected chi connectivity index (χ2v) is 9.65. The van der Waals surface area contributed by atoms with Crippen LogP contribution in [0.5, 0.6) is 0 Å². The van der Waals surface area contributed by atoms with Gasteiger partial charge in [0.25, 0.3) is 0 Å². The Kier molecular flexibility index (Phi) is 6.93. The molecule has 192 valence electrons. The van der Waals surface area contributed by atoms with E-state index in [1.165, 1.54) is 5.56 Å². The summed E-state index contributed by atoms with van der Waals surface area (Å²) in [5, 5.41) is 3.66. The molecule has 0 aliphatic heterocycles. The van der Waals surface area contributed by atoms with Crippen LogP contribution in [0.25, 0.3) is 39.4 Å². The Bertz CT molecular complexity index is 1720. The van der Waals surface area contributed by atoms with Crippen LogP contribution in [0.2, 0.25) is 5.02 Å². The van der Waals surface area contributed by atoms with Gasteiger partial charge in [-0.1, -0.05) is 90.5 Å². The second-order valence-electron chi connectivity index (χ2n) is 9.22. The number of nitrogens with one attached hydrogen (secondary N) is 1. The molecule has 2 aromatic heterocycles. The van der Waals surface area contributed by atoms with Crippen LogP contribution in [0, 0.1) is 0 Å². The van der Waals surface area contributed by atoms with Crippen molar-refractivity contribution in [1.29, 1.82) is 0 Å². The van der Waals surface area contributed by atoms with E-state index in [0.717, 1.165) is 27.7 Å². The van der Waals surface area contributed by atoms with E-state index in [1.807, 2.05) is 83.4 Å². The number of halogens is 1. The molecule has 0 bridgehead atoms. The van der Waals surface area contributed by atoms with Crippen molar-refractivity contribution in [2.45, 2.75) is 19.4 Å². The number of hydrogen-bond donors (Lipinski definition) is 1. The predicted molar refractivity (Wildman–Crippen MR) is 154 cm³/mol. The maximum absolute atomic E-state index is 12.8. The number of carbonyl (C=O) groups excluding carboxylic acids is 1. The van der Waals surface area contributed by atoms with E-state index < -0.39 is 0 Å². The zero-order valence-electron chi connectivity index (χ0n) is 21.0. The highest BCUT2D eigenvalue weighted by Gasteiger charge is 2.19. The summed E-state index contributed by atoms with van der Waals surface area (Å²) in [7, 11) is 0. The molecule has 0 radical (unpaired) electrons. The van der Waals surface area contributed by atoms with Gasteiger partial charge in [0.1, 0.15) is 17.8 Å². The van der Waals surface area contributed by atoms with Crippen molar-refractivity contribution in [1.82, 2.24) is 19.9 Å². The highest BCUT2D eigenvalue weighted by Crippen LogP contribution is 2.29. The first-order valence-corrected chi connectivity index (χ1v) is 13.1. The Morgan fingerprint density at radius 1 is 0.821 bits per heavy atom. The molecular formula is C32H25ClN4O2. The first-order valence-electron chi connectivity index (χ1n) is 12.7. The van der Waals surface area contributed by atoms with E-state index in [2.05, 4.69) is 34.6 Å². The molecule has 39 heavy (non-hydrogen) atoms. The third-order valence-electron chi connectivity index (χ3n) is 6.59. The van der Waals surface area contributed by atoms with Crippen molar-refractivity contribution in [2.24, 2.45) is 0 Å². The quantitative estimate of drug-likeness (QED) is 0.224. The minimum absolute atomic E-state index is 0.0600. The number of nitrogens with zero attached hydrogens (tertiary/aromatic N) is 3. The molecule has 2 heterocycles. The zero-order chi connectivity index (χ0) is 26.6. The standard InChI is InChI=1S/C32H25ClN4O2/c33-26-16-14-25(15-17-26)31-29(39-32(36-31)37-21-35-27-8-4-5-9-28(27)37)18-19-30(38)34-20-22-10-12-24(13-11-22)23-6-2-1-3-7-23/h1-17,21H,18-20H2,(H,34,38). The topological polar surface area (TPSA) is 73.0 Å². The third-order valence-corrected chi connectivity index (χ3v) is 6.85. The van der Waals surface area contributed by atoms with Gasteiger partial charge in [0.2, 0.25) is 5.91 Å². The molecule has 6 rings (SSSR count). The lowest BCUT2D eigenvalue weighted by Gasteiger charge is -2.07. The Hall–Kier alpha value is -4.68. The first-order chi connectivity index (χ1) is 19.1. The Morgan fingerprint density at radius 2 is 1.51 bits per heavy atom. The monoisotopic (exact) mass is 532 g/mol. The van der Waals surface area contributed by atoms with Crippen molar-refractivity contribution in [3.8, 4) is 28.4 Å². The summed E-state index contributed by atoms with van der Waals surface area (Å²) in [4.78, 5) is 22.0. The number of aryl methyl sites for hydroxylation is 1. The molecule has 7 heteroatoms. The highest BCUT2D eigenvalue weighted by molar-refractivity contribution is 6.30. The summed E-state index contributed by atoms with van der Waals surface area (Å²) < 4.78 is 8.04. The normalized spacial score (nSPS) is 11.1. The van der Waals surface area contributed by atoms with Crippen LogP contribution < -0.4 is 5.32 Å². The lowest BCUT2D eigenvalue weighted by atomic mass is 10.0. The molecule has 0 spiro atoms. The van der Waals surface area contributed by atoms with Crippen LogP contribution in [-0.4, -0.2) is 20.4 Å². The van der Waals surface area contributed by atoms with Crippen molar-refractivity contribution in [2.75, 3.05) is 0 Å². The summed E-state index contributed by atoms with van der Waals surface area (Å²) in [6.45, 7) is 0.459. The van der Waals surface area contributed by atoms with E-state index in [9.17, 15) is 4.79 Å². The molecule has 1 amide bonds. The maximum atomic E-state index is 12.8. The molecule has 0 saturated heterocycles. The van der Waals surface area contributed by atoms with Gasteiger partial charge in [-0.15, -0.1) is 0 Å². The van der Waals surface area contributed by atoms with Gasteiger partial charge in [-0.2, -0.15) is 4.98 Å². The Balaban J connectivity index is 1.16. The molecule has 0 saturated carbocycles. The second kappa shape index (κ2) is 11.0. The van der Waals surface area contributed by atoms with Gasteiger partial charge in [0.15, 0.2) is 0 Å². The number of rotatable bonds is 8. The molecule has 4 aromatic carbocycles. The van der Waals surface area contributed by atoms with Gasteiger partial charge in [0, 0.05) is 30.0 Å². The predicted octanol–water partition coefficient (Wildman–Crippen LogP) is 7.25. The number of hydrogen-bond acceptors (Lipinski definition) is 4. The largest absolute Gasteiger partial charge is 0.427 e. The zero-order valence-corrected chi connectivity index (χ0v) is 21.8. The number of oxazole rings is 1. The van der Waals surface area contributed by atoms with E-state index in [4.69, 9.17) is 21.0 Å². The highest BCUT2D eigenvalue weighted by atomic mass is 35.5.